The number of imide groups is 1. The number of carbonyl (C=O) groups excluding carboxylic acids is 3. The molecule has 30 heavy (non-hydrogen) atoms. The number of urea groups is 1. The Morgan fingerprint density at radius 3 is 2.53 bits per heavy atom. The molecule has 4 amide bonds. The highest BCUT2D eigenvalue weighted by Crippen LogP contribution is 2.36. The van der Waals surface area contributed by atoms with E-state index < -0.39 is 11.6 Å². The van der Waals surface area contributed by atoms with Crippen LogP contribution in [0.3, 0.4) is 0 Å². The van der Waals surface area contributed by atoms with Gasteiger partial charge in [0.1, 0.15) is 12.1 Å². The molecule has 8 heteroatoms. The summed E-state index contributed by atoms with van der Waals surface area (Å²) in [5.74, 6) is 0.826. The highest BCUT2D eigenvalue weighted by Gasteiger charge is 2.52. The number of ether oxygens (including phenoxy) is 2. The van der Waals surface area contributed by atoms with E-state index >= 15 is 0 Å². The lowest BCUT2D eigenvalue weighted by molar-refractivity contribution is -0.135. The van der Waals surface area contributed by atoms with Gasteiger partial charge in [0.15, 0.2) is 11.5 Å². The van der Waals surface area contributed by atoms with Crippen molar-refractivity contribution in [1.82, 2.24) is 15.5 Å². The minimum atomic E-state index is -0.802. The molecular weight excluding hydrogens is 386 g/mol. The van der Waals surface area contributed by atoms with E-state index in [-0.39, 0.29) is 30.3 Å². The van der Waals surface area contributed by atoms with E-state index in [0.29, 0.717) is 37.6 Å². The maximum Gasteiger partial charge on any atom is 0.325 e. The maximum atomic E-state index is 12.8. The summed E-state index contributed by atoms with van der Waals surface area (Å²) in [7, 11) is 0. The number of fused-ring (bicyclic) bond motifs is 1. The molecule has 0 aromatic heterocycles. The minimum absolute atomic E-state index is 0.1000. The zero-order chi connectivity index (χ0) is 21.3. The summed E-state index contributed by atoms with van der Waals surface area (Å²) < 4.78 is 11.5. The van der Waals surface area contributed by atoms with Gasteiger partial charge < -0.3 is 20.1 Å². The Kier molecular flexibility index (Phi) is 5.58. The van der Waals surface area contributed by atoms with Crippen LogP contribution in [-0.4, -0.2) is 48.0 Å². The van der Waals surface area contributed by atoms with Crippen LogP contribution in [0, 0.1) is 5.92 Å². The summed E-state index contributed by atoms with van der Waals surface area (Å²) in [5.41, 5.74) is 0.0930. The monoisotopic (exact) mass is 415 g/mol. The molecule has 2 aliphatic heterocycles. The zero-order valence-electron chi connectivity index (χ0n) is 17.5. The van der Waals surface area contributed by atoms with Crippen LogP contribution in [0.25, 0.3) is 0 Å². The quantitative estimate of drug-likeness (QED) is 0.721. The smallest absolute Gasteiger partial charge is 0.325 e. The lowest BCUT2D eigenvalue weighted by Crippen LogP contribution is -2.46. The highest BCUT2D eigenvalue weighted by molar-refractivity contribution is 6.09. The summed E-state index contributed by atoms with van der Waals surface area (Å²) >= 11 is 0. The summed E-state index contributed by atoms with van der Waals surface area (Å²) in [6.07, 6.45) is 3.92. The van der Waals surface area contributed by atoms with Gasteiger partial charge in [0.05, 0.1) is 19.3 Å². The largest absolute Gasteiger partial charge is 0.490 e. The van der Waals surface area contributed by atoms with Crippen molar-refractivity contribution in [2.75, 3.05) is 19.8 Å². The summed E-state index contributed by atoms with van der Waals surface area (Å²) in [5, 5.41) is 5.80. The minimum Gasteiger partial charge on any atom is -0.490 e. The number of benzene rings is 1. The fourth-order valence-corrected chi connectivity index (χ4v) is 4.51. The van der Waals surface area contributed by atoms with Crippen molar-refractivity contribution in [3.63, 3.8) is 0 Å². The van der Waals surface area contributed by atoms with Crippen LogP contribution < -0.4 is 20.1 Å². The number of hydrogen-bond acceptors (Lipinski definition) is 5. The average molecular weight is 415 g/mol. The van der Waals surface area contributed by atoms with Crippen LogP contribution in [0.2, 0.25) is 0 Å². The molecule has 1 atom stereocenters. The number of nitrogens with one attached hydrogen (secondary N) is 2. The van der Waals surface area contributed by atoms with Crippen molar-refractivity contribution in [2.45, 2.75) is 57.5 Å². The first-order chi connectivity index (χ1) is 14.4. The Labute approximate surface area is 176 Å². The standard InChI is InChI=1S/C22H29N3O5/c1-14(2)19(15-6-7-16-17(12-15)30-11-5-10-29-16)23-18(26)13-25-20(27)22(24-21(25)28)8-3-4-9-22/h6-7,12,14,19H,3-5,8-11,13H2,1-2H3,(H,23,26)(H,24,28)/t19-/m0/s1. The number of hydrogen-bond donors (Lipinski definition) is 2. The number of nitrogens with zero attached hydrogens (tertiary/aromatic N) is 1. The van der Waals surface area contributed by atoms with E-state index in [0.717, 1.165) is 29.7 Å². The molecule has 2 heterocycles. The van der Waals surface area contributed by atoms with Crippen LogP contribution in [0.1, 0.15) is 57.6 Å². The maximum absolute atomic E-state index is 12.8. The second-order valence-electron chi connectivity index (χ2n) is 8.66. The van der Waals surface area contributed by atoms with Gasteiger partial charge >= 0.3 is 6.03 Å². The molecule has 2 fully saturated rings. The van der Waals surface area contributed by atoms with E-state index in [9.17, 15) is 14.4 Å². The van der Waals surface area contributed by atoms with Gasteiger partial charge in [-0.2, -0.15) is 0 Å². The van der Waals surface area contributed by atoms with Crippen LogP contribution in [0.5, 0.6) is 11.5 Å². The fraction of sp³-hybridized carbons (Fsp3) is 0.591. The third-order valence-electron chi connectivity index (χ3n) is 6.12. The SMILES string of the molecule is CC(C)[C@H](NC(=O)CN1C(=O)NC2(CCCC2)C1=O)c1ccc2c(c1)OCCCO2. The van der Waals surface area contributed by atoms with Crippen molar-refractivity contribution in [3.05, 3.63) is 23.8 Å². The summed E-state index contributed by atoms with van der Waals surface area (Å²) in [6, 6.07) is 4.91. The first-order valence-electron chi connectivity index (χ1n) is 10.7. The van der Waals surface area contributed by atoms with E-state index in [1.807, 2.05) is 32.0 Å². The Hall–Kier alpha value is -2.77. The molecule has 3 aliphatic rings. The topological polar surface area (TPSA) is 97.0 Å². The van der Waals surface area contributed by atoms with Crippen molar-refractivity contribution in [3.8, 4) is 11.5 Å². The first kappa shape index (κ1) is 20.5. The predicted octanol–water partition coefficient (Wildman–Crippen LogP) is 2.53. The molecular formula is C22H29N3O5. The second kappa shape index (κ2) is 8.16. The van der Waals surface area contributed by atoms with E-state index in [1.165, 1.54) is 0 Å². The molecule has 1 aliphatic carbocycles. The molecule has 1 saturated heterocycles. The molecule has 1 saturated carbocycles. The van der Waals surface area contributed by atoms with Crippen molar-refractivity contribution in [1.29, 1.82) is 0 Å². The van der Waals surface area contributed by atoms with Crippen molar-refractivity contribution >= 4 is 17.8 Å². The molecule has 2 N–H and O–H groups in total. The average Bonchev–Trinajstić information content (AvgIpc) is 3.17. The van der Waals surface area contributed by atoms with E-state index in [4.69, 9.17) is 9.47 Å². The van der Waals surface area contributed by atoms with E-state index in [1.54, 1.807) is 0 Å². The van der Waals surface area contributed by atoms with Crippen molar-refractivity contribution < 1.29 is 23.9 Å². The van der Waals surface area contributed by atoms with Crippen LogP contribution in [-0.2, 0) is 9.59 Å². The van der Waals surface area contributed by atoms with E-state index in [2.05, 4.69) is 10.6 Å². The molecule has 4 rings (SSSR count). The molecule has 1 spiro atoms. The zero-order valence-corrected chi connectivity index (χ0v) is 17.5. The van der Waals surface area contributed by atoms with Crippen LogP contribution in [0.4, 0.5) is 4.79 Å². The van der Waals surface area contributed by atoms with Gasteiger partial charge in [-0.1, -0.05) is 32.8 Å². The third kappa shape index (κ3) is 3.82. The number of carbonyl (C=O) groups is 3. The van der Waals surface area contributed by atoms with Gasteiger partial charge in [0.25, 0.3) is 5.91 Å². The Bertz CT molecular complexity index is 847. The normalized spacial score (nSPS) is 21.0. The lowest BCUT2D eigenvalue weighted by Gasteiger charge is -2.25. The van der Waals surface area contributed by atoms with Gasteiger partial charge in [-0.15, -0.1) is 0 Å². The second-order valence-corrected chi connectivity index (χ2v) is 8.66. The Morgan fingerprint density at radius 1 is 1.13 bits per heavy atom. The van der Waals surface area contributed by atoms with Gasteiger partial charge in [0.2, 0.25) is 5.91 Å². The molecule has 0 unspecified atom stereocenters. The summed E-state index contributed by atoms with van der Waals surface area (Å²) in [4.78, 5) is 39.0. The molecule has 0 bridgehead atoms. The predicted molar refractivity (Wildman–Crippen MR) is 109 cm³/mol. The van der Waals surface area contributed by atoms with Crippen molar-refractivity contribution in [2.24, 2.45) is 5.92 Å². The van der Waals surface area contributed by atoms with Gasteiger partial charge in [-0.3, -0.25) is 14.5 Å². The number of rotatable bonds is 5. The van der Waals surface area contributed by atoms with Gasteiger partial charge in [-0.25, -0.2) is 4.79 Å². The molecule has 162 valence electrons. The Morgan fingerprint density at radius 2 is 1.83 bits per heavy atom. The molecule has 0 radical (unpaired) electrons. The highest BCUT2D eigenvalue weighted by atomic mass is 16.5. The molecule has 1 aromatic carbocycles. The summed E-state index contributed by atoms with van der Waals surface area (Å²) in [6.45, 7) is 4.94. The van der Waals surface area contributed by atoms with Crippen LogP contribution in [0.15, 0.2) is 18.2 Å². The molecule has 8 nitrogen and oxygen atoms in total. The third-order valence-corrected chi connectivity index (χ3v) is 6.12. The van der Waals surface area contributed by atoms with Gasteiger partial charge in [0, 0.05) is 6.42 Å². The van der Waals surface area contributed by atoms with Crippen LogP contribution >= 0.6 is 0 Å². The first-order valence-corrected chi connectivity index (χ1v) is 10.7. The number of amides is 4. The lowest BCUT2D eigenvalue weighted by atomic mass is 9.95. The molecule has 1 aromatic rings. The Balaban J connectivity index is 1.46. The van der Waals surface area contributed by atoms with Gasteiger partial charge in [-0.05, 0) is 36.5 Å². The fourth-order valence-electron chi connectivity index (χ4n) is 4.51.